The van der Waals surface area contributed by atoms with Gasteiger partial charge in [-0.05, 0) is 22.2 Å². The van der Waals surface area contributed by atoms with E-state index in [9.17, 15) is 9.59 Å². The van der Waals surface area contributed by atoms with Gasteiger partial charge in [-0.1, -0.05) is 11.8 Å². The van der Waals surface area contributed by atoms with Crippen LogP contribution in [0.3, 0.4) is 0 Å². The standard InChI is InChI=1S/C12H12O4S2/c1-8(13)16-12(10-3-4-17-7-10)5-9(6-18-12)11(14)15-2/h3-4,6-7H,5H2,1-2H3. The number of thiophene rings is 1. The zero-order valence-electron chi connectivity index (χ0n) is 9.97. The van der Waals surface area contributed by atoms with Crippen molar-refractivity contribution in [3.8, 4) is 0 Å². The van der Waals surface area contributed by atoms with Crippen molar-refractivity contribution in [2.45, 2.75) is 18.3 Å². The van der Waals surface area contributed by atoms with Gasteiger partial charge in [-0.3, -0.25) is 4.79 Å². The average molecular weight is 284 g/mol. The van der Waals surface area contributed by atoms with Crippen molar-refractivity contribution in [3.63, 3.8) is 0 Å². The Kier molecular flexibility index (Phi) is 3.77. The summed E-state index contributed by atoms with van der Waals surface area (Å²) in [5.41, 5.74) is 1.41. The van der Waals surface area contributed by atoms with Crippen LogP contribution >= 0.6 is 23.1 Å². The summed E-state index contributed by atoms with van der Waals surface area (Å²) in [4.78, 5) is 22.0. The molecule has 0 aromatic carbocycles. The van der Waals surface area contributed by atoms with Gasteiger partial charge in [-0.2, -0.15) is 11.3 Å². The van der Waals surface area contributed by atoms with E-state index in [1.165, 1.54) is 37.1 Å². The molecule has 1 aromatic rings. The van der Waals surface area contributed by atoms with Gasteiger partial charge < -0.3 is 9.47 Å². The quantitative estimate of drug-likeness (QED) is 0.799. The Morgan fingerprint density at radius 3 is 2.78 bits per heavy atom. The lowest BCUT2D eigenvalue weighted by Crippen LogP contribution is -2.26. The van der Waals surface area contributed by atoms with E-state index in [0.717, 1.165) is 5.56 Å². The molecule has 1 unspecified atom stereocenters. The predicted octanol–water partition coefficient (Wildman–Crippen LogP) is 2.66. The molecule has 96 valence electrons. The van der Waals surface area contributed by atoms with Gasteiger partial charge in [0.1, 0.15) is 0 Å². The molecule has 0 amide bonds. The van der Waals surface area contributed by atoms with Gasteiger partial charge in [0.25, 0.3) is 0 Å². The van der Waals surface area contributed by atoms with Crippen LogP contribution in [0.4, 0.5) is 0 Å². The Morgan fingerprint density at radius 2 is 2.22 bits per heavy atom. The van der Waals surface area contributed by atoms with E-state index in [1.807, 2.05) is 16.8 Å². The molecule has 1 aliphatic rings. The molecule has 2 rings (SSSR count). The second kappa shape index (κ2) is 5.16. The zero-order valence-corrected chi connectivity index (χ0v) is 11.6. The topological polar surface area (TPSA) is 52.6 Å². The summed E-state index contributed by atoms with van der Waals surface area (Å²) < 4.78 is 10.1. The van der Waals surface area contributed by atoms with Crippen LogP contribution in [0.5, 0.6) is 0 Å². The molecule has 0 saturated heterocycles. The third-order valence-corrected chi connectivity index (χ3v) is 4.46. The SMILES string of the molecule is COC(=O)C1=CSC(OC(C)=O)(c2ccsc2)C1. The number of rotatable bonds is 3. The first-order valence-corrected chi connectivity index (χ1v) is 7.07. The molecule has 0 N–H and O–H groups in total. The van der Waals surface area contributed by atoms with Crippen LogP contribution in [0.25, 0.3) is 0 Å². The lowest BCUT2D eigenvalue weighted by Gasteiger charge is -2.27. The van der Waals surface area contributed by atoms with E-state index in [0.29, 0.717) is 12.0 Å². The van der Waals surface area contributed by atoms with Gasteiger partial charge in [-0.25, -0.2) is 4.79 Å². The first-order valence-electron chi connectivity index (χ1n) is 5.25. The predicted molar refractivity (Wildman–Crippen MR) is 70.1 cm³/mol. The lowest BCUT2D eigenvalue weighted by molar-refractivity contribution is -0.150. The third-order valence-electron chi connectivity index (χ3n) is 2.53. The van der Waals surface area contributed by atoms with Crippen LogP contribution in [-0.2, 0) is 24.0 Å². The largest absolute Gasteiger partial charge is 0.466 e. The summed E-state index contributed by atoms with van der Waals surface area (Å²) >= 11 is 2.85. The number of hydrogen-bond acceptors (Lipinski definition) is 6. The van der Waals surface area contributed by atoms with Gasteiger partial charge in [0.05, 0.1) is 7.11 Å². The van der Waals surface area contributed by atoms with Crippen molar-refractivity contribution in [1.82, 2.24) is 0 Å². The maximum atomic E-state index is 11.5. The monoisotopic (exact) mass is 284 g/mol. The molecular formula is C12H12O4S2. The maximum Gasteiger partial charge on any atom is 0.334 e. The molecule has 4 nitrogen and oxygen atoms in total. The fraction of sp³-hybridized carbons (Fsp3) is 0.333. The highest BCUT2D eigenvalue weighted by molar-refractivity contribution is 8.03. The second-order valence-electron chi connectivity index (χ2n) is 3.79. The van der Waals surface area contributed by atoms with Crippen LogP contribution in [0, 0.1) is 0 Å². The number of carbonyl (C=O) groups is 2. The maximum absolute atomic E-state index is 11.5. The zero-order chi connectivity index (χ0) is 13.2. The molecule has 6 heteroatoms. The Balaban J connectivity index is 2.26. The van der Waals surface area contributed by atoms with Crippen molar-refractivity contribution in [2.24, 2.45) is 0 Å². The minimum atomic E-state index is -0.824. The van der Waals surface area contributed by atoms with Gasteiger partial charge >= 0.3 is 11.9 Å². The number of ether oxygens (including phenoxy) is 2. The molecular weight excluding hydrogens is 272 g/mol. The normalized spacial score (nSPS) is 22.4. The minimum Gasteiger partial charge on any atom is -0.466 e. The third kappa shape index (κ3) is 2.44. The Labute approximate surface area is 113 Å². The van der Waals surface area contributed by atoms with E-state index in [2.05, 4.69) is 0 Å². The van der Waals surface area contributed by atoms with Crippen LogP contribution < -0.4 is 0 Å². The van der Waals surface area contributed by atoms with Crippen molar-refractivity contribution < 1.29 is 19.1 Å². The van der Waals surface area contributed by atoms with Crippen molar-refractivity contribution >= 4 is 35.0 Å². The molecule has 1 atom stereocenters. The fourth-order valence-electron chi connectivity index (χ4n) is 1.75. The molecule has 1 aliphatic heterocycles. The smallest absolute Gasteiger partial charge is 0.334 e. The van der Waals surface area contributed by atoms with Crippen molar-refractivity contribution in [1.29, 1.82) is 0 Å². The molecule has 0 spiro atoms. The average Bonchev–Trinajstić information content (AvgIpc) is 2.96. The number of carbonyl (C=O) groups excluding carboxylic acids is 2. The Morgan fingerprint density at radius 1 is 1.44 bits per heavy atom. The molecule has 0 bridgehead atoms. The Hall–Kier alpha value is -1.27. The summed E-state index contributed by atoms with van der Waals surface area (Å²) in [6.07, 6.45) is 0.334. The summed E-state index contributed by atoms with van der Waals surface area (Å²) in [6.45, 7) is 1.37. The molecule has 0 fully saturated rings. The van der Waals surface area contributed by atoms with Crippen LogP contribution in [-0.4, -0.2) is 19.0 Å². The van der Waals surface area contributed by atoms with Crippen molar-refractivity contribution in [3.05, 3.63) is 33.4 Å². The molecule has 18 heavy (non-hydrogen) atoms. The van der Waals surface area contributed by atoms with Gasteiger partial charge in [0.15, 0.2) is 4.93 Å². The minimum absolute atomic E-state index is 0.334. The van der Waals surface area contributed by atoms with Gasteiger partial charge in [0.2, 0.25) is 0 Å². The molecule has 2 heterocycles. The molecule has 1 aromatic heterocycles. The van der Waals surface area contributed by atoms with E-state index in [4.69, 9.17) is 9.47 Å². The van der Waals surface area contributed by atoms with Crippen molar-refractivity contribution in [2.75, 3.05) is 7.11 Å². The molecule has 0 aliphatic carbocycles. The highest BCUT2D eigenvalue weighted by Crippen LogP contribution is 2.50. The summed E-state index contributed by atoms with van der Waals surface area (Å²) in [5.74, 6) is -0.750. The van der Waals surface area contributed by atoms with Gasteiger partial charge in [-0.15, -0.1) is 0 Å². The van der Waals surface area contributed by atoms with Crippen LogP contribution in [0.1, 0.15) is 18.9 Å². The summed E-state index contributed by atoms with van der Waals surface area (Å²) in [7, 11) is 1.34. The Bertz CT molecular complexity index is 492. The number of thioether (sulfide) groups is 1. The van der Waals surface area contributed by atoms with E-state index in [1.54, 1.807) is 5.41 Å². The van der Waals surface area contributed by atoms with Crippen LogP contribution in [0.2, 0.25) is 0 Å². The van der Waals surface area contributed by atoms with Crippen LogP contribution in [0.15, 0.2) is 27.8 Å². The summed E-state index contributed by atoms with van der Waals surface area (Å²) in [6, 6.07) is 1.90. The van der Waals surface area contributed by atoms with E-state index in [-0.39, 0.29) is 11.9 Å². The van der Waals surface area contributed by atoms with E-state index < -0.39 is 4.93 Å². The highest BCUT2D eigenvalue weighted by atomic mass is 32.2. The second-order valence-corrected chi connectivity index (χ2v) is 5.70. The molecule has 0 saturated carbocycles. The highest BCUT2D eigenvalue weighted by Gasteiger charge is 2.43. The number of esters is 2. The number of hydrogen-bond donors (Lipinski definition) is 0. The fourth-order valence-corrected chi connectivity index (χ4v) is 3.73. The first-order chi connectivity index (χ1) is 8.57. The van der Waals surface area contributed by atoms with E-state index >= 15 is 0 Å². The number of methoxy groups -OCH3 is 1. The molecule has 0 radical (unpaired) electrons. The van der Waals surface area contributed by atoms with Gasteiger partial charge in [0, 0.05) is 24.5 Å². The summed E-state index contributed by atoms with van der Waals surface area (Å²) in [5, 5.41) is 5.54. The lowest BCUT2D eigenvalue weighted by atomic mass is 10.0. The first kappa shape index (κ1) is 13.2.